The highest BCUT2D eigenvalue weighted by atomic mass is 19.1. The molecule has 0 atom stereocenters. The van der Waals surface area contributed by atoms with E-state index in [2.05, 4.69) is 10.3 Å². The number of aryl methyl sites for hydroxylation is 1. The second-order valence-corrected chi connectivity index (χ2v) is 4.61. The summed E-state index contributed by atoms with van der Waals surface area (Å²) < 4.78 is 13.6. The molecule has 2 aromatic rings. The topological polar surface area (TPSA) is 48.0 Å². The van der Waals surface area contributed by atoms with E-state index in [0.717, 1.165) is 48.3 Å². The molecule has 0 bridgehead atoms. The van der Waals surface area contributed by atoms with Crippen LogP contribution in [0.15, 0.2) is 6.07 Å². The lowest BCUT2D eigenvalue weighted by Crippen LogP contribution is -2.16. The first-order valence-electron chi connectivity index (χ1n) is 5.90. The summed E-state index contributed by atoms with van der Waals surface area (Å²) >= 11 is 0. The summed E-state index contributed by atoms with van der Waals surface area (Å²) in [7, 11) is 0. The summed E-state index contributed by atoms with van der Waals surface area (Å²) in [6.07, 6.45) is 1.72. The van der Waals surface area contributed by atoms with Crippen LogP contribution in [0.5, 0.6) is 5.75 Å². The van der Waals surface area contributed by atoms with Crippen LogP contribution >= 0.6 is 0 Å². The van der Waals surface area contributed by atoms with Crippen molar-refractivity contribution in [1.82, 2.24) is 10.3 Å². The van der Waals surface area contributed by atoms with Crippen LogP contribution in [0.3, 0.4) is 0 Å². The van der Waals surface area contributed by atoms with Crippen molar-refractivity contribution in [3.05, 3.63) is 28.7 Å². The van der Waals surface area contributed by atoms with Crippen LogP contribution in [-0.4, -0.2) is 23.2 Å². The molecule has 0 amide bonds. The number of aromatic hydroxyl groups is 1. The number of halogens is 1. The second-order valence-electron chi connectivity index (χ2n) is 4.61. The SMILES string of the molecule is Cc1cc(F)c(O)c2c3c([nH]c12)CCNCC3. The molecular formula is C13H15FN2O. The quantitative estimate of drug-likeness (QED) is 0.653. The number of hydrogen-bond donors (Lipinski definition) is 3. The average molecular weight is 234 g/mol. The van der Waals surface area contributed by atoms with E-state index in [9.17, 15) is 9.50 Å². The van der Waals surface area contributed by atoms with Gasteiger partial charge in [-0.25, -0.2) is 4.39 Å². The molecule has 1 aliphatic heterocycles. The third kappa shape index (κ3) is 1.52. The predicted octanol–water partition coefficient (Wildman–Crippen LogP) is 2.01. The Morgan fingerprint density at radius 1 is 1.29 bits per heavy atom. The van der Waals surface area contributed by atoms with Crippen molar-refractivity contribution >= 4 is 10.9 Å². The van der Waals surface area contributed by atoms with Gasteiger partial charge in [0.1, 0.15) is 0 Å². The average Bonchev–Trinajstić information content (AvgIpc) is 2.51. The minimum Gasteiger partial charge on any atom is -0.504 e. The van der Waals surface area contributed by atoms with Gasteiger partial charge in [0.05, 0.1) is 5.52 Å². The molecule has 3 N–H and O–H groups in total. The Kier molecular flexibility index (Phi) is 2.33. The van der Waals surface area contributed by atoms with Crippen LogP contribution in [0.4, 0.5) is 4.39 Å². The number of H-pyrrole nitrogens is 1. The standard InChI is InChI=1S/C13H15FN2O/c1-7-6-9(14)13(17)11-8-2-4-15-5-3-10(8)16-12(7)11/h6,15-17H,2-5H2,1H3. The van der Waals surface area contributed by atoms with Gasteiger partial charge in [0.2, 0.25) is 0 Å². The number of rotatable bonds is 0. The summed E-state index contributed by atoms with van der Waals surface area (Å²) in [5, 5.41) is 13.9. The van der Waals surface area contributed by atoms with Crippen molar-refractivity contribution in [3.8, 4) is 5.75 Å². The van der Waals surface area contributed by atoms with E-state index in [1.165, 1.54) is 6.07 Å². The van der Waals surface area contributed by atoms with Crippen molar-refractivity contribution < 1.29 is 9.50 Å². The number of nitrogens with one attached hydrogen (secondary N) is 2. The van der Waals surface area contributed by atoms with Gasteiger partial charge < -0.3 is 15.4 Å². The highest BCUT2D eigenvalue weighted by Crippen LogP contribution is 2.35. The molecule has 2 heterocycles. The van der Waals surface area contributed by atoms with Crippen molar-refractivity contribution in [2.45, 2.75) is 19.8 Å². The lowest BCUT2D eigenvalue weighted by Gasteiger charge is -2.04. The Morgan fingerprint density at radius 3 is 2.88 bits per heavy atom. The maximum atomic E-state index is 13.6. The van der Waals surface area contributed by atoms with Crippen LogP contribution in [0.25, 0.3) is 10.9 Å². The molecule has 4 heteroatoms. The first-order valence-corrected chi connectivity index (χ1v) is 5.90. The third-order valence-corrected chi connectivity index (χ3v) is 3.50. The van der Waals surface area contributed by atoms with Gasteiger partial charge in [-0.2, -0.15) is 0 Å². The third-order valence-electron chi connectivity index (χ3n) is 3.50. The smallest absolute Gasteiger partial charge is 0.165 e. The van der Waals surface area contributed by atoms with Gasteiger partial charge in [0, 0.05) is 24.0 Å². The molecule has 1 aliphatic rings. The fourth-order valence-corrected chi connectivity index (χ4v) is 2.64. The van der Waals surface area contributed by atoms with Crippen molar-refractivity contribution in [3.63, 3.8) is 0 Å². The van der Waals surface area contributed by atoms with E-state index >= 15 is 0 Å². The van der Waals surface area contributed by atoms with Crippen LogP contribution in [0.1, 0.15) is 16.8 Å². The normalized spacial score (nSPS) is 15.9. The molecule has 3 nitrogen and oxygen atoms in total. The maximum Gasteiger partial charge on any atom is 0.165 e. The Bertz CT molecular complexity index is 589. The summed E-state index contributed by atoms with van der Waals surface area (Å²) in [6, 6.07) is 1.38. The van der Waals surface area contributed by atoms with Gasteiger partial charge >= 0.3 is 0 Å². The summed E-state index contributed by atoms with van der Waals surface area (Å²) in [5.41, 5.74) is 3.89. The van der Waals surface area contributed by atoms with E-state index in [-0.39, 0.29) is 5.75 Å². The molecule has 0 saturated heterocycles. The molecule has 3 rings (SSSR count). The van der Waals surface area contributed by atoms with Crippen LogP contribution in [0.2, 0.25) is 0 Å². The Balaban J connectivity index is 2.36. The number of benzene rings is 1. The van der Waals surface area contributed by atoms with Gasteiger partial charge in [-0.15, -0.1) is 0 Å². The molecule has 0 unspecified atom stereocenters. The molecule has 0 fully saturated rings. The lowest BCUT2D eigenvalue weighted by molar-refractivity contribution is 0.438. The fourth-order valence-electron chi connectivity index (χ4n) is 2.64. The molecule has 0 radical (unpaired) electrons. The van der Waals surface area contributed by atoms with E-state index in [1.807, 2.05) is 6.92 Å². The van der Waals surface area contributed by atoms with Gasteiger partial charge in [-0.05, 0) is 37.1 Å². The second kappa shape index (κ2) is 3.74. The molecule has 17 heavy (non-hydrogen) atoms. The number of phenols is 1. The summed E-state index contributed by atoms with van der Waals surface area (Å²) in [5.74, 6) is -0.751. The summed E-state index contributed by atoms with van der Waals surface area (Å²) in [6.45, 7) is 3.65. The molecule has 90 valence electrons. The highest BCUT2D eigenvalue weighted by Gasteiger charge is 2.20. The molecule has 1 aromatic carbocycles. The molecule has 0 aliphatic carbocycles. The fraction of sp³-hybridized carbons (Fsp3) is 0.385. The van der Waals surface area contributed by atoms with Crippen LogP contribution in [-0.2, 0) is 12.8 Å². The number of aromatic amines is 1. The summed E-state index contributed by atoms with van der Waals surface area (Å²) in [4.78, 5) is 3.33. The molecule has 0 spiro atoms. The van der Waals surface area contributed by atoms with Gasteiger partial charge in [0.25, 0.3) is 0 Å². The monoisotopic (exact) mass is 234 g/mol. The first kappa shape index (κ1) is 10.6. The molecule has 1 aromatic heterocycles. The zero-order chi connectivity index (χ0) is 12.0. The maximum absolute atomic E-state index is 13.6. The number of fused-ring (bicyclic) bond motifs is 3. The zero-order valence-electron chi connectivity index (χ0n) is 9.73. The van der Waals surface area contributed by atoms with Gasteiger partial charge in [0.15, 0.2) is 11.6 Å². The Morgan fingerprint density at radius 2 is 2.06 bits per heavy atom. The molecule has 0 saturated carbocycles. The van der Waals surface area contributed by atoms with Gasteiger partial charge in [-0.1, -0.05) is 0 Å². The number of hydrogen-bond acceptors (Lipinski definition) is 2. The Hall–Kier alpha value is -1.55. The van der Waals surface area contributed by atoms with E-state index < -0.39 is 5.82 Å². The van der Waals surface area contributed by atoms with Crippen molar-refractivity contribution in [2.24, 2.45) is 0 Å². The zero-order valence-corrected chi connectivity index (χ0v) is 9.73. The minimum absolute atomic E-state index is 0.218. The largest absolute Gasteiger partial charge is 0.504 e. The van der Waals surface area contributed by atoms with Crippen LogP contribution in [0, 0.1) is 12.7 Å². The number of aromatic nitrogens is 1. The van der Waals surface area contributed by atoms with E-state index in [4.69, 9.17) is 0 Å². The molecular weight excluding hydrogens is 219 g/mol. The number of phenolic OH excluding ortho intramolecular Hbond substituents is 1. The minimum atomic E-state index is -0.533. The van der Waals surface area contributed by atoms with Crippen molar-refractivity contribution in [1.29, 1.82) is 0 Å². The first-order chi connectivity index (χ1) is 8.18. The van der Waals surface area contributed by atoms with E-state index in [0.29, 0.717) is 5.39 Å². The Labute approximate surface area is 98.7 Å². The van der Waals surface area contributed by atoms with Crippen LogP contribution < -0.4 is 5.32 Å². The highest BCUT2D eigenvalue weighted by molar-refractivity contribution is 5.92. The predicted molar refractivity (Wildman–Crippen MR) is 64.9 cm³/mol. The van der Waals surface area contributed by atoms with Gasteiger partial charge in [-0.3, -0.25) is 0 Å². The van der Waals surface area contributed by atoms with E-state index in [1.54, 1.807) is 0 Å². The van der Waals surface area contributed by atoms with Crippen molar-refractivity contribution in [2.75, 3.05) is 13.1 Å². The lowest BCUT2D eigenvalue weighted by atomic mass is 10.0.